The lowest BCUT2D eigenvalue weighted by molar-refractivity contribution is -0.169. The number of fused-ring (bicyclic) bond motifs is 1. The molecule has 2 aliphatic rings. The van der Waals surface area contributed by atoms with Crippen LogP contribution in [0.2, 0.25) is 0 Å². The van der Waals surface area contributed by atoms with Crippen LogP contribution in [0.25, 0.3) is 0 Å². The molecule has 2 unspecified atom stereocenters. The minimum absolute atomic E-state index is 0.0732. The van der Waals surface area contributed by atoms with Crippen molar-refractivity contribution in [3.05, 3.63) is 23.3 Å². The van der Waals surface area contributed by atoms with Gasteiger partial charge in [0.15, 0.2) is 0 Å². The van der Waals surface area contributed by atoms with Gasteiger partial charge >= 0.3 is 11.9 Å². The maximum absolute atomic E-state index is 12.8. The van der Waals surface area contributed by atoms with Crippen molar-refractivity contribution in [3.8, 4) is 0 Å². The Hall–Kier alpha value is -1.66. The zero-order valence-corrected chi connectivity index (χ0v) is 20.3. The molecule has 1 heterocycles. The fourth-order valence-corrected chi connectivity index (χ4v) is 4.28. The highest BCUT2D eigenvalue weighted by Crippen LogP contribution is 2.48. The number of hydrogen-bond donors (Lipinski definition) is 1. The van der Waals surface area contributed by atoms with Gasteiger partial charge in [0.2, 0.25) is 0 Å². The van der Waals surface area contributed by atoms with Crippen LogP contribution < -0.4 is 0 Å². The molecule has 1 aliphatic heterocycles. The molecule has 1 saturated heterocycles. The summed E-state index contributed by atoms with van der Waals surface area (Å²) in [4.78, 5) is 25.5. The van der Waals surface area contributed by atoms with Crippen LogP contribution in [0.4, 0.5) is 0 Å². The van der Waals surface area contributed by atoms with Crippen molar-refractivity contribution in [1.29, 1.82) is 0 Å². The average molecular weight is 437 g/mol. The van der Waals surface area contributed by atoms with Crippen LogP contribution in [0.3, 0.4) is 0 Å². The number of esters is 2. The Morgan fingerprint density at radius 3 is 2.45 bits per heavy atom. The Morgan fingerprint density at radius 1 is 1.26 bits per heavy atom. The van der Waals surface area contributed by atoms with E-state index in [1.807, 2.05) is 13.8 Å². The van der Waals surface area contributed by atoms with E-state index in [1.54, 1.807) is 33.8 Å². The van der Waals surface area contributed by atoms with Gasteiger partial charge in [-0.15, -0.1) is 0 Å². The van der Waals surface area contributed by atoms with Crippen molar-refractivity contribution in [1.82, 2.24) is 0 Å². The summed E-state index contributed by atoms with van der Waals surface area (Å²) in [5, 5.41) is 9.88. The highest BCUT2D eigenvalue weighted by atomic mass is 16.6. The van der Waals surface area contributed by atoms with E-state index in [4.69, 9.17) is 14.2 Å². The molecule has 7 atom stereocenters. The van der Waals surface area contributed by atoms with E-state index in [2.05, 4.69) is 19.9 Å². The van der Waals surface area contributed by atoms with Crippen molar-refractivity contribution in [3.63, 3.8) is 0 Å². The Labute approximate surface area is 187 Å². The van der Waals surface area contributed by atoms with E-state index in [0.717, 1.165) is 18.4 Å². The second-order valence-electron chi connectivity index (χ2n) is 9.81. The monoisotopic (exact) mass is 436 g/mol. The van der Waals surface area contributed by atoms with Crippen LogP contribution >= 0.6 is 0 Å². The molecule has 0 aromatic heterocycles. The van der Waals surface area contributed by atoms with E-state index in [9.17, 15) is 14.7 Å². The SMILES string of the molecule is C/C=C(\C)C(=O)O[C@@H]1C/C(C)=C\CC[C@@]2(C)O[C@@H]2[C@@H](OC(=O)C(C)C(C)O)[C@H]1C(C)C. The van der Waals surface area contributed by atoms with Gasteiger partial charge in [-0.05, 0) is 60.3 Å². The van der Waals surface area contributed by atoms with Crippen LogP contribution in [0.5, 0.6) is 0 Å². The summed E-state index contributed by atoms with van der Waals surface area (Å²) >= 11 is 0. The highest BCUT2D eigenvalue weighted by molar-refractivity contribution is 5.87. The van der Waals surface area contributed by atoms with Gasteiger partial charge in [0.25, 0.3) is 0 Å². The number of rotatable bonds is 6. The molecule has 0 aromatic rings. The molecular weight excluding hydrogens is 396 g/mol. The average Bonchev–Trinajstić information content (AvgIpc) is 3.35. The molecule has 0 saturated carbocycles. The molecule has 1 fully saturated rings. The van der Waals surface area contributed by atoms with Gasteiger partial charge in [-0.1, -0.05) is 31.6 Å². The van der Waals surface area contributed by atoms with Crippen LogP contribution in [-0.2, 0) is 23.8 Å². The largest absolute Gasteiger partial charge is 0.459 e. The number of carbonyl (C=O) groups is 2. The summed E-state index contributed by atoms with van der Waals surface area (Å²) in [6.07, 6.45) is 4.10. The van der Waals surface area contributed by atoms with Gasteiger partial charge in [0.1, 0.15) is 18.3 Å². The summed E-state index contributed by atoms with van der Waals surface area (Å²) in [6, 6.07) is 0. The molecular formula is C25H40O6. The molecule has 1 aliphatic carbocycles. The van der Waals surface area contributed by atoms with Gasteiger partial charge in [-0.25, -0.2) is 4.79 Å². The zero-order valence-electron chi connectivity index (χ0n) is 20.3. The second kappa shape index (κ2) is 10.3. The molecule has 2 rings (SSSR count). The Bertz CT molecular complexity index is 722. The Kier molecular flexibility index (Phi) is 8.51. The number of aliphatic hydroxyl groups is 1. The smallest absolute Gasteiger partial charge is 0.333 e. The molecule has 0 radical (unpaired) electrons. The summed E-state index contributed by atoms with van der Waals surface area (Å²) in [5.74, 6) is -1.63. The summed E-state index contributed by atoms with van der Waals surface area (Å²) < 4.78 is 18.1. The standard InChI is InChI=1S/C25H40O6/c1-9-16(5)23(27)29-19-13-15(4)11-10-12-25(8)22(31-25)21(20(19)14(2)3)30-24(28)17(6)18(7)26/h9,11,14,17-22,26H,10,12-13H2,1-8H3/b15-11-,16-9+/t17?,18?,19-,20+,21+,22-,25-/m1/s1. The molecule has 0 aromatic carbocycles. The minimum Gasteiger partial charge on any atom is -0.459 e. The highest BCUT2D eigenvalue weighted by Gasteiger charge is 2.60. The second-order valence-corrected chi connectivity index (χ2v) is 9.81. The first-order valence-electron chi connectivity index (χ1n) is 11.5. The van der Waals surface area contributed by atoms with Gasteiger partial charge in [-0.3, -0.25) is 4.79 Å². The van der Waals surface area contributed by atoms with Crippen molar-refractivity contribution in [2.24, 2.45) is 17.8 Å². The number of carbonyl (C=O) groups excluding carboxylic acids is 2. The quantitative estimate of drug-likeness (QED) is 0.288. The molecule has 0 spiro atoms. The van der Waals surface area contributed by atoms with Crippen molar-refractivity contribution < 1.29 is 28.9 Å². The molecule has 0 amide bonds. The summed E-state index contributed by atoms with van der Waals surface area (Å²) in [7, 11) is 0. The molecule has 176 valence electrons. The van der Waals surface area contributed by atoms with Crippen molar-refractivity contribution in [2.45, 2.75) is 105 Å². The molecule has 0 bridgehead atoms. The van der Waals surface area contributed by atoms with Gasteiger partial charge in [0, 0.05) is 17.9 Å². The lowest BCUT2D eigenvalue weighted by Gasteiger charge is -2.36. The molecule has 1 N–H and O–H groups in total. The third-order valence-electron chi connectivity index (χ3n) is 6.84. The first-order valence-corrected chi connectivity index (χ1v) is 11.5. The van der Waals surface area contributed by atoms with Crippen LogP contribution in [0.1, 0.15) is 74.7 Å². The van der Waals surface area contributed by atoms with E-state index >= 15 is 0 Å². The first-order chi connectivity index (χ1) is 14.4. The number of hydrogen-bond acceptors (Lipinski definition) is 6. The first kappa shape index (κ1) is 25.6. The van der Waals surface area contributed by atoms with E-state index in [1.165, 1.54) is 0 Å². The van der Waals surface area contributed by atoms with Crippen LogP contribution in [-0.4, -0.2) is 47.1 Å². The number of epoxide rings is 1. The molecule has 6 nitrogen and oxygen atoms in total. The van der Waals surface area contributed by atoms with E-state index in [-0.39, 0.29) is 29.5 Å². The van der Waals surface area contributed by atoms with Gasteiger partial charge in [-0.2, -0.15) is 0 Å². The van der Waals surface area contributed by atoms with Crippen LogP contribution in [0.15, 0.2) is 23.3 Å². The van der Waals surface area contributed by atoms with Crippen molar-refractivity contribution >= 4 is 11.9 Å². The molecule has 31 heavy (non-hydrogen) atoms. The Balaban J connectivity index is 2.45. The predicted octanol–water partition coefficient (Wildman–Crippen LogP) is 4.35. The third-order valence-corrected chi connectivity index (χ3v) is 6.84. The zero-order chi connectivity index (χ0) is 23.5. The van der Waals surface area contributed by atoms with E-state index < -0.39 is 30.2 Å². The third kappa shape index (κ3) is 6.19. The number of allylic oxidation sites excluding steroid dienone is 2. The number of aliphatic hydroxyl groups excluding tert-OH is 1. The fourth-order valence-electron chi connectivity index (χ4n) is 4.28. The summed E-state index contributed by atoms with van der Waals surface area (Å²) in [5.41, 5.74) is 1.31. The van der Waals surface area contributed by atoms with Gasteiger partial charge < -0.3 is 19.3 Å². The minimum atomic E-state index is -0.813. The maximum atomic E-state index is 12.8. The topological polar surface area (TPSA) is 85.4 Å². The van der Waals surface area contributed by atoms with Crippen LogP contribution in [0, 0.1) is 17.8 Å². The fraction of sp³-hybridized carbons (Fsp3) is 0.760. The Morgan fingerprint density at radius 2 is 1.90 bits per heavy atom. The van der Waals surface area contributed by atoms with Crippen molar-refractivity contribution in [2.75, 3.05) is 0 Å². The normalized spacial score (nSPS) is 35.3. The lowest BCUT2D eigenvalue weighted by atomic mass is 9.78. The summed E-state index contributed by atoms with van der Waals surface area (Å²) in [6.45, 7) is 15.0. The maximum Gasteiger partial charge on any atom is 0.333 e. The van der Waals surface area contributed by atoms with E-state index in [0.29, 0.717) is 12.0 Å². The van der Waals surface area contributed by atoms with Gasteiger partial charge in [0.05, 0.1) is 17.6 Å². The molecule has 6 heteroatoms. The lowest BCUT2D eigenvalue weighted by Crippen LogP contribution is -2.46. The predicted molar refractivity (Wildman–Crippen MR) is 119 cm³/mol. The number of ether oxygens (including phenoxy) is 3.